The molecule has 1 unspecified atom stereocenters. The van der Waals surface area contributed by atoms with Crippen LogP contribution in [0.2, 0.25) is 0 Å². The van der Waals surface area contributed by atoms with E-state index >= 15 is 0 Å². The summed E-state index contributed by atoms with van der Waals surface area (Å²) >= 11 is 0. The quantitative estimate of drug-likeness (QED) is 0.806. The van der Waals surface area contributed by atoms with Crippen LogP contribution >= 0.6 is 0 Å². The Morgan fingerprint density at radius 2 is 2.18 bits per heavy atom. The summed E-state index contributed by atoms with van der Waals surface area (Å²) in [5.41, 5.74) is 1.39. The van der Waals surface area contributed by atoms with Gasteiger partial charge in [-0.05, 0) is 43.6 Å². The van der Waals surface area contributed by atoms with Crippen molar-refractivity contribution < 1.29 is 8.78 Å². The lowest BCUT2D eigenvalue weighted by atomic mass is 9.98. The molecule has 1 fully saturated rings. The van der Waals surface area contributed by atoms with E-state index in [2.05, 4.69) is 16.9 Å². The summed E-state index contributed by atoms with van der Waals surface area (Å²) in [6.07, 6.45) is 2.89. The number of benzene rings is 1. The number of halogens is 2. The second kappa shape index (κ2) is 3.81. The van der Waals surface area contributed by atoms with Crippen LogP contribution in [0.1, 0.15) is 17.9 Å². The van der Waals surface area contributed by atoms with Gasteiger partial charge in [-0.2, -0.15) is 0 Å². The van der Waals surface area contributed by atoms with Crippen LogP contribution in [-0.2, 0) is 0 Å². The van der Waals surface area contributed by atoms with Crippen molar-refractivity contribution in [3.63, 3.8) is 0 Å². The Bertz CT molecular complexity index is 562. The zero-order valence-corrected chi connectivity index (χ0v) is 9.63. The van der Waals surface area contributed by atoms with Crippen LogP contribution in [0.4, 0.5) is 8.78 Å². The van der Waals surface area contributed by atoms with Gasteiger partial charge in [0.05, 0.1) is 5.52 Å². The number of hydrogen-bond donors (Lipinski definition) is 1. The number of aromatic nitrogens is 1. The van der Waals surface area contributed by atoms with Gasteiger partial charge in [0.15, 0.2) is 11.6 Å². The summed E-state index contributed by atoms with van der Waals surface area (Å²) in [4.78, 5) is 5.11. The van der Waals surface area contributed by atoms with Crippen molar-refractivity contribution in [1.82, 2.24) is 9.88 Å². The minimum absolute atomic E-state index is 0.287. The molecule has 1 aliphatic rings. The number of nitrogens with zero attached hydrogens (tertiary/aromatic N) is 1. The molecule has 1 atom stereocenters. The van der Waals surface area contributed by atoms with Gasteiger partial charge in [0.1, 0.15) is 0 Å². The number of aromatic amines is 1. The SMILES string of the molecule is CN1CCC(c2c[nH]c3c(F)c(F)ccc23)C1. The maximum Gasteiger partial charge on any atom is 0.182 e. The van der Waals surface area contributed by atoms with E-state index in [1.54, 1.807) is 6.07 Å². The van der Waals surface area contributed by atoms with Crippen molar-refractivity contribution in [2.75, 3.05) is 20.1 Å². The number of H-pyrrole nitrogens is 1. The van der Waals surface area contributed by atoms with Gasteiger partial charge in [-0.15, -0.1) is 0 Å². The van der Waals surface area contributed by atoms with Crippen molar-refractivity contribution in [3.05, 3.63) is 35.5 Å². The molecule has 17 heavy (non-hydrogen) atoms. The molecular formula is C13H14F2N2. The van der Waals surface area contributed by atoms with E-state index in [0.717, 1.165) is 30.5 Å². The third kappa shape index (κ3) is 1.63. The van der Waals surface area contributed by atoms with Crippen LogP contribution in [0.5, 0.6) is 0 Å². The standard InChI is InChI=1S/C13H14F2N2/c1-17-5-4-8(7-17)10-6-16-13-9(10)2-3-11(14)12(13)15/h2-3,6,8,16H,4-5,7H2,1H3. The van der Waals surface area contributed by atoms with Gasteiger partial charge in [0, 0.05) is 18.1 Å². The Labute approximate surface area is 98.2 Å². The predicted molar refractivity (Wildman–Crippen MR) is 63.1 cm³/mol. The average molecular weight is 236 g/mol. The molecule has 1 aromatic heterocycles. The number of likely N-dealkylation sites (N-methyl/N-ethyl adjacent to an activating group) is 1. The number of likely N-dealkylation sites (tertiary alicyclic amines) is 1. The van der Waals surface area contributed by atoms with E-state index in [0.29, 0.717) is 5.92 Å². The Morgan fingerprint density at radius 1 is 1.35 bits per heavy atom. The molecule has 1 aliphatic heterocycles. The van der Waals surface area contributed by atoms with Gasteiger partial charge in [-0.3, -0.25) is 0 Å². The highest BCUT2D eigenvalue weighted by atomic mass is 19.2. The maximum atomic E-state index is 13.6. The molecule has 2 nitrogen and oxygen atoms in total. The molecule has 0 spiro atoms. The topological polar surface area (TPSA) is 19.0 Å². The summed E-state index contributed by atoms with van der Waals surface area (Å²) in [6.45, 7) is 2.03. The zero-order valence-electron chi connectivity index (χ0n) is 9.63. The number of fused-ring (bicyclic) bond motifs is 1. The summed E-state index contributed by atoms with van der Waals surface area (Å²) in [5, 5.41) is 0.809. The third-order valence-corrected chi connectivity index (χ3v) is 3.61. The molecular weight excluding hydrogens is 222 g/mol. The molecule has 1 aromatic carbocycles. The molecule has 1 saturated heterocycles. The normalized spacial score (nSPS) is 21.5. The fraction of sp³-hybridized carbons (Fsp3) is 0.385. The van der Waals surface area contributed by atoms with Crippen molar-refractivity contribution in [2.45, 2.75) is 12.3 Å². The molecule has 0 bridgehead atoms. The van der Waals surface area contributed by atoms with E-state index in [1.165, 1.54) is 6.07 Å². The van der Waals surface area contributed by atoms with Gasteiger partial charge in [-0.1, -0.05) is 0 Å². The van der Waals surface area contributed by atoms with E-state index in [-0.39, 0.29) is 5.52 Å². The number of rotatable bonds is 1. The lowest BCUT2D eigenvalue weighted by Gasteiger charge is -2.09. The summed E-state index contributed by atoms with van der Waals surface area (Å²) in [6, 6.07) is 2.87. The van der Waals surface area contributed by atoms with Gasteiger partial charge >= 0.3 is 0 Å². The molecule has 0 saturated carbocycles. The van der Waals surface area contributed by atoms with E-state index in [1.807, 2.05) is 6.20 Å². The monoisotopic (exact) mass is 236 g/mol. The van der Waals surface area contributed by atoms with Gasteiger partial charge in [0.25, 0.3) is 0 Å². The van der Waals surface area contributed by atoms with Crippen molar-refractivity contribution in [2.24, 2.45) is 0 Å². The molecule has 2 heterocycles. The molecule has 0 amide bonds. The molecule has 0 aliphatic carbocycles. The number of hydrogen-bond acceptors (Lipinski definition) is 1. The van der Waals surface area contributed by atoms with Crippen LogP contribution in [0.15, 0.2) is 18.3 Å². The second-order valence-corrected chi connectivity index (χ2v) is 4.78. The highest BCUT2D eigenvalue weighted by molar-refractivity contribution is 5.84. The molecule has 3 rings (SSSR count). The van der Waals surface area contributed by atoms with Crippen molar-refractivity contribution in [1.29, 1.82) is 0 Å². The van der Waals surface area contributed by atoms with Crippen molar-refractivity contribution >= 4 is 10.9 Å². The van der Waals surface area contributed by atoms with E-state index in [9.17, 15) is 8.78 Å². The first-order chi connectivity index (χ1) is 8.16. The minimum Gasteiger partial charge on any atom is -0.358 e. The summed E-state index contributed by atoms with van der Waals surface area (Å²) in [7, 11) is 2.08. The fourth-order valence-corrected chi connectivity index (χ4v) is 2.69. The molecule has 0 radical (unpaired) electrons. The third-order valence-electron chi connectivity index (χ3n) is 3.61. The van der Waals surface area contributed by atoms with Crippen molar-refractivity contribution in [3.8, 4) is 0 Å². The molecule has 1 N–H and O–H groups in total. The second-order valence-electron chi connectivity index (χ2n) is 4.78. The Hall–Kier alpha value is -1.42. The Morgan fingerprint density at radius 3 is 2.88 bits per heavy atom. The van der Waals surface area contributed by atoms with Crippen LogP contribution in [-0.4, -0.2) is 30.0 Å². The molecule has 2 aromatic rings. The largest absolute Gasteiger partial charge is 0.358 e. The number of nitrogens with one attached hydrogen (secondary N) is 1. The molecule has 4 heteroatoms. The van der Waals surface area contributed by atoms with E-state index < -0.39 is 11.6 Å². The van der Waals surface area contributed by atoms with Crippen LogP contribution in [0, 0.1) is 11.6 Å². The first kappa shape index (κ1) is 10.7. The molecule has 90 valence electrons. The van der Waals surface area contributed by atoms with Gasteiger partial charge in [0.2, 0.25) is 0 Å². The predicted octanol–water partition coefficient (Wildman–Crippen LogP) is 2.87. The van der Waals surface area contributed by atoms with Gasteiger partial charge < -0.3 is 9.88 Å². The highest BCUT2D eigenvalue weighted by Crippen LogP contribution is 2.33. The Kier molecular flexibility index (Phi) is 2.40. The van der Waals surface area contributed by atoms with Crippen LogP contribution < -0.4 is 0 Å². The van der Waals surface area contributed by atoms with Gasteiger partial charge in [-0.25, -0.2) is 8.78 Å². The van der Waals surface area contributed by atoms with E-state index in [4.69, 9.17) is 0 Å². The lowest BCUT2D eigenvalue weighted by molar-refractivity contribution is 0.412. The van der Waals surface area contributed by atoms with Crippen LogP contribution in [0.25, 0.3) is 10.9 Å². The first-order valence-corrected chi connectivity index (χ1v) is 5.80. The summed E-state index contributed by atoms with van der Waals surface area (Å²) < 4.78 is 26.7. The first-order valence-electron chi connectivity index (χ1n) is 5.80. The van der Waals surface area contributed by atoms with Crippen LogP contribution in [0.3, 0.4) is 0 Å². The lowest BCUT2D eigenvalue weighted by Crippen LogP contribution is -2.13. The highest BCUT2D eigenvalue weighted by Gasteiger charge is 2.24. The maximum absolute atomic E-state index is 13.6. The summed E-state index contributed by atoms with van der Waals surface area (Å²) in [5.74, 6) is -1.16. The zero-order chi connectivity index (χ0) is 12.0. The Balaban J connectivity index is 2.10. The average Bonchev–Trinajstić information content (AvgIpc) is 2.89. The minimum atomic E-state index is -0.797. The smallest absolute Gasteiger partial charge is 0.182 e. The fourth-order valence-electron chi connectivity index (χ4n) is 2.69.